The Balaban J connectivity index is 1.45. The quantitative estimate of drug-likeness (QED) is 0.661. The van der Waals surface area contributed by atoms with Gasteiger partial charge in [-0.15, -0.1) is 0 Å². The first kappa shape index (κ1) is 20.2. The predicted molar refractivity (Wildman–Crippen MR) is 123 cm³/mol. The van der Waals surface area contributed by atoms with E-state index < -0.39 is 5.54 Å². The molecule has 1 unspecified atom stereocenters. The monoisotopic (exact) mass is 420 g/mol. The Bertz CT molecular complexity index is 1030. The number of carbonyl (C=O) groups is 1. The van der Waals surface area contributed by atoms with Crippen LogP contribution in [0.5, 0.6) is 0 Å². The van der Waals surface area contributed by atoms with E-state index >= 15 is 0 Å². The molecule has 1 aromatic heterocycles. The highest BCUT2D eigenvalue weighted by molar-refractivity contribution is 6.05. The van der Waals surface area contributed by atoms with Gasteiger partial charge >= 0.3 is 0 Å². The lowest BCUT2D eigenvalue weighted by atomic mass is 9.95. The van der Waals surface area contributed by atoms with E-state index in [0.717, 1.165) is 55.0 Å². The highest BCUT2D eigenvalue weighted by atomic mass is 16.2. The van der Waals surface area contributed by atoms with Crippen molar-refractivity contribution in [1.29, 1.82) is 0 Å². The molecule has 2 aliphatic heterocycles. The number of aryl methyl sites for hydroxylation is 1. The van der Waals surface area contributed by atoms with Crippen molar-refractivity contribution in [3.05, 3.63) is 46.8 Å². The summed E-state index contributed by atoms with van der Waals surface area (Å²) in [4.78, 5) is 20.5. The predicted octanol–water partition coefficient (Wildman–Crippen LogP) is 3.29. The van der Waals surface area contributed by atoms with E-state index in [4.69, 9.17) is 4.99 Å². The maximum Gasteiger partial charge on any atom is 0.274 e. The molecule has 1 aliphatic carbocycles. The molecule has 0 bridgehead atoms. The lowest BCUT2D eigenvalue weighted by Gasteiger charge is -2.32. The number of nitrogens with one attached hydrogen (secondary N) is 3. The average molecular weight is 421 g/mol. The lowest BCUT2D eigenvalue weighted by molar-refractivity contribution is 0.0778. The summed E-state index contributed by atoms with van der Waals surface area (Å²) in [6.07, 6.45) is 5.05. The Morgan fingerprint density at radius 3 is 2.84 bits per heavy atom. The molecule has 3 heterocycles. The number of fused-ring (bicyclic) bond motifs is 2. The second-order valence-electron chi connectivity index (χ2n) is 10.1. The van der Waals surface area contributed by atoms with Crippen molar-refractivity contribution in [2.24, 2.45) is 4.99 Å². The van der Waals surface area contributed by atoms with E-state index in [1.54, 1.807) is 0 Å². The third-order valence-electron chi connectivity index (χ3n) is 6.60. The summed E-state index contributed by atoms with van der Waals surface area (Å²) >= 11 is 0. The molecule has 1 spiro atoms. The van der Waals surface area contributed by atoms with Crippen LogP contribution in [0.4, 0.5) is 5.69 Å². The molecule has 1 fully saturated rings. The number of benzene rings is 1. The molecule has 1 saturated heterocycles. The molecule has 7 nitrogen and oxygen atoms in total. The van der Waals surface area contributed by atoms with E-state index in [1.165, 1.54) is 12.0 Å². The van der Waals surface area contributed by atoms with Crippen LogP contribution in [0.2, 0.25) is 0 Å². The Hall–Kier alpha value is -2.67. The largest absolute Gasteiger partial charge is 0.342 e. The molecule has 1 atom stereocenters. The topological polar surface area (TPSA) is 85.4 Å². The summed E-state index contributed by atoms with van der Waals surface area (Å²) in [5, 5.41) is 14.9. The Morgan fingerprint density at radius 1 is 1.19 bits per heavy atom. The summed E-state index contributed by atoms with van der Waals surface area (Å²) in [6, 6.07) is 8.34. The van der Waals surface area contributed by atoms with Crippen molar-refractivity contribution < 1.29 is 4.79 Å². The molecule has 0 saturated carbocycles. The maximum absolute atomic E-state index is 13.5. The molecule has 0 radical (unpaired) electrons. The fraction of sp³-hybridized carbons (Fsp3) is 0.542. The van der Waals surface area contributed by atoms with E-state index in [2.05, 4.69) is 59.8 Å². The van der Waals surface area contributed by atoms with Crippen LogP contribution in [0.25, 0.3) is 0 Å². The molecule has 7 heteroatoms. The summed E-state index contributed by atoms with van der Waals surface area (Å²) in [6.45, 7) is 8.35. The highest BCUT2D eigenvalue weighted by Gasteiger charge is 2.46. The number of hydrogen-bond acceptors (Lipinski definition) is 4. The molecule has 1 amide bonds. The number of H-pyrrole nitrogens is 1. The van der Waals surface area contributed by atoms with Crippen molar-refractivity contribution in [2.45, 2.75) is 70.5 Å². The van der Waals surface area contributed by atoms with Gasteiger partial charge in [-0.2, -0.15) is 5.10 Å². The third kappa shape index (κ3) is 3.76. The van der Waals surface area contributed by atoms with Gasteiger partial charge in [0.05, 0.1) is 11.1 Å². The van der Waals surface area contributed by atoms with Crippen LogP contribution in [0.3, 0.4) is 0 Å². The first-order valence-electron chi connectivity index (χ1n) is 11.4. The van der Waals surface area contributed by atoms with Crippen LogP contribution in [0.1, 0.15) is 67.3 Å². The van der Waals surface area contributed by atoms with Gasteiger partial charge in [0.1, 0.15) is 5.84 Å². The molecule has 3 aliphatic rings. The number of amidine groups is 1. The van der Waals surface area contributed by atoms with Gasteiger partial charge in [-0.3, -0.25) is 20.2 Å². The average Bonchev–Trinajstić information content (AvgIpc) is 3.33. The zero-order chi connectivity index (χ0) is 21.6. The molecule has 5 rings (SSSR count). The molecule has 1 aromatic carbocycles. The smallest absolute Gasteiger partial charge is 0.274 e. The lowest BCUT2D eigenvalue weighted by Crippen LogP contribution is -2.56. The number of para-hydroxylation sites is 1. The van der Waals surface area contributed by atoms with Gasteiger partial charge in [0.15, 0.2) is 5.69 Å². The second kappa shape index (κ2) is 7.48. The van der Waals surface area contributed by atoms with E-state index in [1.807, 2.05) is 11.0 Å². The number of rotatable bonds is 1. The standard InChI is InChI=1S/C24H32N6O/c1-23(2,3)27-22-24(25-14-16-8-4-6-10-18(16)26-22)12-13-30(15-24)21(31)20-17-9-5-7-11-19(17)28-29-20/h4,6,8,10,25H,5,7,9,11-15H2,1-3H3,(H,26,27)(H,28,29). The Morgan fingerprint density at radius 2 is 2.00 bits per heavy atom. The number of hydrogen-bond donors (Lipinski definition) is 3. The van der Waals surface area contributed by atoms with E-state index in [-0.39, 0.29) is 11.4 Å². The van der Waals surface area contributed by atoms with E-state index in [9.17, 15) is 4.79 Å². The minimum Gasteiger partial charge on any atom is -0.342 e. The van der Waals surface area contributed by atoms with Crippen LogP contribution >= 0.6 is 0 Å². The summed E-state index contributed by atoms with van der Waals surface area (Å²) in [5.74, 6) is 0.958. The number of anilines is 1. The maximum atomic E-state index is 13.5. The molecule has 164 valence electrons. The van der Waals surface area contributed by atoms with E-state index in [0.29, 0.717) is 18.8 Å². The van der Waals surface area contributed by atoms with Crippen molar-refractivity contribution in [1.82, 2.24) is 20.4 Å². The molecule has 3 N–H and O–H groups in total. The number of likely N-dealkylation sites (tertiary alicyclic amines) is 1. The van der Waals surface area contributed by atoms with Gasteiger partial charge in [-0.1, -0.05) is 18.2 Å². The Kier molecular flexibility index (Phi) is 4.88. The fourth-order valence-electron chi connectivity index (χ4n) is 4.99. The SMILES string of the molecule is CC(C)(C)N=C1Nc2ccccc2CNC12CCN(C(=O)c1n[nH]c3c1CCCC3)C2. The van der Waals surface area contributed by atoms with Crippen LogP contribution < -0.4 is 10.6 Å². The number of amides is 1. The van der Waals surface area contributed by atoms with Gasteiger partial charge < -0.3 is 10.2 Å². The Labute approximate surface area is 183 Å². The summed E-state index contributed by atoms with van der Waals surface area (Å²) < 4.78 is 0. The first-order valence-corrected chi connectivity index (χ1v) is 11.4. The summed E-state index contributed by atoms with van der Waals surface area (Å²) in [5.41, 5.74) is 4.57. The van der Waals surface area contributed by atoms with Crippen LogP contribution in [0, 0.1) is 0 Å². The van der Waals surface area contributed by atoms with Crippen molar-refractivity contribution >= 4 is 17.4 Å². The molecule has 2 aromatic rings. The molecule has 31 heavy (non-hydrogen) atoms. The second-order valence-corrected chi connectivity index (χ2v) is 10.1. The van der Waals surface area contributed by atoms with Crippen LogP contribution in [0.15, 0.2) is 29.3 Å². The zero-order valence-electron chi connectivity index (χ0n) is 18.7. The van der Waals surface area contributed by atoms with Gasteiger partial charge in [-0.05, 0) is 64.5 Å². The highest BCUT2D eigenvalue weighted by Crippen LogP contribution is 2.32. The summed E-state index contributed by atoms with van der Waals surface area (Å²) in [7, 11) is 0. The van der Waals surface area contributed by atoms with Crippen molar-refractivity contribution in [3.8, 4) is 0 Å². The molecular weight excluding hydrogens is 388 g/mol. The minimum absolute atomic E-state index is 0.0370. The van der Waals surface area contributed by atoms with Crippen molar-refractivity contribution in [3.63, 3.8) is 0 Å². The van der Waals surface area contributed by atoms with Crippen LogP contribution in [-0.2, 0) is 19.4 Å². The first-order chi connectivity index (χ1) is 14.8. The molecular formula is C24H32N6O. The van der Waals surface area contributed by atoms with Crippen LogP contribution in [-0.4, -0.2) is 51.0 Å². The van der Waals surface area contributed by atoms with Gasteiger partial charge in [0.25, 0.3) is 5.91 Å². The number of carbonyl (C=O) groups excluding carboxylic acids is 1. The minimum atomic E-state index is -0.391. The number of aliphatic imine (C=N–C) groups is 1. The number of nitrogens with zero attached hydrogens (tertiary/aromatic N) is 3. The van der Waals surface area contributed by atoms with Gasteiger partial charge in [0, 0.05) is 36.6 Å². The van der Waals surface area contributed by atoms with Crippen molar-refractivity contribution in [2.75, 3.05) is 18.4 Å². The van der Waals surface area contributed by atoms with Gasteiger partial charge in [0.2, 0.25) is 0 Å². The van der Waals surface area contributed by atoms with Gasteiger partial charge in [-0.25, -0.2) is 0 Å². The number of aromatic nitrogens is 2. The zero-order valence-corrected chi connectivity index (χ0v) is 18.7. The third-order valence-corrected chi connectivity index (χ3v) is 6.60. The fourth-order valence-corrected chi connectivity index (χ4v) is 4.99. The number of aromatic amines is 1. The normalized spacial score (nSPS) is 24.6.